The first-order chi connectivity index (χ1) is 9.19. The normalized spacial score (nSPS) is 11.0. The van der Waals surface area contributed by atoms with Gasteiger partial charge >= 0.3 is 0 Å². The molecule has 0 aliphatic heterocycles. The second-order valence-electron chi connectivity index (χ2n) is 4.13. The van der Waals surface area contributed by atoms with Crippen LogP contribution in [0.4, 0.5) is 5.69 Å². The Morgan fingerprint density at radius 1 is 1.16 bits per heavy atom. The number of nitro benzene ring substituents is 1. The van der Waals surface area contributed by atoms with Gasteiger partial charge < -0.3 is 4.74 Å². The number of benzene rings is 2. The Morgan fingerprint density at radius 3 is 2.53 bits per heavy atom. The van der Waals surface area contributed by atoms with E-state index in [1.54, 1.807) is 29.5 Å². The van der Waals surface area contributed by atoms with Crippen molar-refractivity contribution in [2.45, 2.75) is 6.92 Å². The van der Waals surface area contributed by atoms with Crippen LogP contribution in [0.2, 0.25) is 0 Å². The highest BCUT2D eigenvalue weighted by Crippen LogP contribution is 2.37. The number of fused-ring (bicyclic) bond motifs is 3. The van der Waals surface area contributed by atoms with Crippen molar-refractivity contribution in [1.29, 1.82) is 0 Å². The summed E-state index contributed by atoms with van der Waals surface area (Å²) >= 11 is 1.63. The number of hydrogen-bond acceptors (Lipinski definition) is 4. The van der Waals surface area contributed by atoms with Gasteiger partial charge in [-0.05, 0) is 31.2 Å². The van der Waals surface area contributed by atoms with Gasteiger partial charge in [0.2, 0.25) is 0 Å². The number of thiophene rings is 1. The number of non-ortho nitro benzene ring substituents is 1. The van der Waals surface area contributed by atoms with Crippen LogP contribution in [0.3, 0.4) is 0 Å². The van der Waals surface area contributed by atoms with Crippen LogP contribution < -0.4 is 4.74 Å². The van der Waals surface area contributed by atoms with Crippen LogP contribution in [0.25, 0.3) is 20.2 Å². The Kier molecular flexibility index (Phi) is 2.83. The SMILES string of the molecule is CCOc1ccc2sc3ccc([N+](=O)[O-])cc3c2c1. The van der Waals surface area contributed by atoms with Crippen LogP contribution in [0.15, 0.2) is 36.4 Å². The van der Waals surface area contributed by atoms with Gasteiger partial charge in [0.05, 0.1) is 11.5 Å². The van der Waals surface area contributed by atoms with E-state index in [2.05, 4.69) is 0 Å². The van der Waals surface area contributed by atoms with Crippen molar-refractivity contribution in [3.05, 3.63) is 46.5 Å². The lowest BCUT2D eigenvalue weighted by molar-refractivity contribution is -0.384. The maximum absolute atomic E-state index is 10.9. The van der Waals surface area contributed by atoms with Gasteiger partial charge in [-0.15, -0.1) is 11.3 Å². The molecule has 3 rings (SSSR count). The van der Waals surface area contributed by atoms with E-state index >= 15 is 0 Å². The monoisotopic (exact) mass is 273 g/mol. The molecule has 0 amide bonds. The maximum Gasteiger partial charge on any atom is 0.270 e. The smallest absolute Gasteiger partial charge is 0.270 e. The molecule has 0 saturated carbocycles. The van der Waals surface area contributed by atoms with E-state index in [4.69, 9.17) is 4.74 Å². The number of ether oxygens (including phenoxy) is 1. The molecular formula is C14H11NO3S. The predicted octanol–water partition coefficient (Wildman–Crippen LogP) is 4.36. The molecule has 0 fully saturated rings. The van der Waals surface area contributed by atoms with Crippen LogP contribution in [0.1, 0.15) is 6.92 Å². The summed E-state index contributed by atoms with van der Waals surface area (Å²) in [5.41, 5.74) is 0.119. The summed E-state index contributed by atoms with van der Waals surface area (Å²) in [4.78, 5) is 10.5. The van der Waals surface area contributed by atoms with Gasteiger partial charge in [-0.2, -0.15) is 0 Å². The highest BCUT2D eigenvalue weighted by molar-refractivity contribution is 7.25. The molecule has 0 aliphatic rings. The molecule has 1 aromatic heterocycles. The molecule has 0 saturated heterocycles. The van der Waals surface area contributed by atoms with Crippen molar-refractivity contribution in [1.82, 2.24) is 0 Å². The van der Waals surface area contributed by atoms with Gasteiger partial charge in [0, 0.05) is 32.3 Å². The van der Waals surface area contributed by atoms with Gasteiger partial charge in [-0.3, -0.25) is 10.1 Å². The lowest BCUT2D eigenvalue weighted by atomic mass is 10.1. The zero-order valence-electron chi connectivity index (χ0n) is 10.3. The predicted molar refractivity (Wildman–Crippen MR) is 77.2 cm³/mol. The third-order valence-electron chi connectivity index (χ3n) is 2.95. The van der Waals surface area contributed by atoms with E-state index in [1.807, 2.05) is 25.1 Å². The minimum Gasteiger partial charge on any atom is -0.494 e. The van der Waals surface area contributed by atoms with E-state index in [0.717, 1.165) is 25.9 Å². The molecular weight excluding hydrogens is 262 g/mol. The number of nitro groups is 1. The first kappa shape index (κ1) is 11.9. The Labute approximate surface area is 113 Å². The molecule has 4 nitrogen and oxygen atoms in total. The van der Waals surface area contributed by atoms with Gasteiger partial charge in [0.15, 0.2) is 0 Å². The highest BCUT2D eigenvalue weighted by Gasteiger charge is 2.11. The van der Waals surface area contributed by atoms with E-state index < -0.39 is 0 Å². The summed E-state index contributed by atoms with van der Waals surface area (Å²) in [6, 6.07) is 10.8. The van der Waals surface area contributed by atoms with E-state index in [-0.39, 0.29) is 10.6 Å². The molecule has 0 radical (unpaired) electrons. The molecule has 2 aromatic carbocycles. The fourth-order valence-electron chi connectivity index (χ4n) is 2.11. The summed E-state index contributed by atoms with van der Waals surface area (Å²) in [6.07, 6.45) is 0. The van der Waals surface area contributed by atoms with Crippen molar-refractivity contribution < 1.29 is 9.66 Å². The molecule has 0 bridgehead atoms. The van der Waals surface area contributed by atoms with Crippen molar-refractivity contribution in [2.24, 2.45) is 0 Å². The standard InChI is InChI=1S/C14H11NO3S/c1-2-18-10-4-6-14-12(8-10)11-7-9(15(16)17)3-5-13(11)19-14/h3-8H,2H2,1H3. The Morgan fingerprint density at radius 2 is 1.84 bits per heavy atom. The molecule has 0 aliphatic carbocycles. The van der Waals surface area contributed by atoms with Gasteiger partial charge in [0.25, 0.3) is 5.69 Å². The van der Waals surface area contributed by atoms with E-state index in [1.165, 1.54) is 0 Å². The maximum atomic E-state index is 10.9. The van der Waals surface area contributed by atoms with Crippen LogP contribution in [-0.4, -0.2) is 11.5 Å². The first-order valence-electron chi connectivity index (χ1n) is 5.92. The van der Waals surface area contributed by atoms with Crippen molar-refractivity contribution in [3.63, 3.8) is 0 Å². The van der Waals surface area contributed by atoms with Crippen molar-refractivity contribution in [3.8, 4) is 5.75 Å². The lowest BCUT2D eigenvalue weighted by Gasteiger charge is -2.02. The summed E-state index contributed by atoms with van der Waals surface area (Å²) in [5, 5.41) is 12.8. The number of nitrogens with zero attached hydrogens (tertiary/aromatic N) is 1. The fraction of sp³-hybridized carbons (Fsp3) is 0.143. The van der Waals surface area contributed by atoms with Gasteiger partial charge in [-0.1, -0.05) is 0 Å². The minimum atomic E-state index is -0.366. The third-order valence-corrected chi connectivity index (χ3v) is 4.10. The summed E-state index contributed by atoms with van der Waals surface area (Å²) in [7, 11) is 0. The zero-order valence-corrected chi connectivity index (χ0v) is 11.1. The summed E-state index contributed by atoms with van der Waals surface area (Å²) in [6.45, 7) is 2.54. The molecule has 0 atom stereocenters. The summed E-state index contributed by atoms with van der Waals surface area (Å²) < 4.78 is 7.64. The van der Waals surface area contributed by atoms with Crippen LogP contribution in [0.5, 0.6) is 5.75 Å². The second kappa shape index (κ2) is 4.51. The molecule has 5 heteroatoms. The quantitative estimate of drug-likeness (QED) is 0.526. The van der Waals surface area contributed by atoms with E-state index in [0.29, 0.717) is 6.61 Å². The Balaban J connectivity index is 2.28. The molecule has 0 spiro atoms. The third kappa shape index (κ3) is 2.02. The van der Waals surface area contributed by atoms with Gasteiger partial charge in [0.1, 0.15) is 5.75 Å². The van der Waals surface area contributed by atoms with Crippen LogP contribution in [0, 0.1) is 10.1 Å². The van der Waals surface area contributed by atoms with Crippen molar-refractivity contribution >= 4 is 37.2 Å². The average molecular weight is 273 g/mol. The molecule has 0 unspecified atom stereocenters. The molecule has 3 aromatic rings. The van der Waals surface area contributed by atoms with Crippen LogP contribution >= 0.6 is 11.3 Å². The largest absolute Gasteiger partial charge is 0.494 e. The van der Waals surface area contributed by atoms with Crippen LogP contribution in [-0.2, 0) is 0 Å². The Hall–Kier alpha value is -2.14. The molecule has 0 N–H and O–H groups in total. The minimum absolute atomic E-state index is 0.119. The zero-order chi connectivity index (χ0) is 13.4. The second-order valence-corrected chi connectivity index (χ2v) is 5.21. The highest BCUT2D eigenvalue weighted by atomic mass is 32.1. The van der Waals surface area contributed by atoms with Gasteiger partial charge in [-0.25, -0.2) is 0 Å². The Bertz CT molecular complexity index is 779. The van der Waals surface area contributed by atoms with Crippen molar-refractivity contribution in [2.75, 3.05) is 6.61 Å². The summed E-state index contributed by atoms with van der Waals surface area (Å²) in [5.74, 6) is 0.793. The fourth-order valence-corrected chi connectivity index (χ4v) is 3.18. The average Bonchev–Trinajstić information content (AvgIpc) is 2.76. The van der Waals surface area contributed by atoms with E-state index in [9.17, 15) is 10.1 Å². The number of hydrogen-bond donors (Lipinski definition) is 0. The number of rotatable bonds is 3. The lowest BCUT2D eigenvalue weighted by Crippen LogP contribution is -1.90. The topological polar surface area (TPSA) is 52.4 Å². The molecule has 1 heterocycles. The molecule has 96 valence electrons. The first-order valence-corrected chi connectivity index (χ1v) is 6.74. The molecule has 19 heavy (non-hydrogen) atoms.